The van der Waals surface area contributed by atoms with Crippen LogP contribution in [-0.2, 0) is 0 Å². The van der Waals surface area contributed by atoms with Crippen LogP contribution < -0.4 is 0 Å². The first-order chi connectivity index (χ1) is 5.54. The van der Waals surface area contributed by atoms with E-state index < -0.39 is 0 Å². The molecule has 0 aliphatic carbocycles. The standard InChI is InChI=1S/C8H5Cl2IO/c1-4(12)7-5(9)2-3-6(11)8(7)10/h2-3H,1H3. The molecule has 1 nitrogen and oxygen atoms in total. The van der Waals surface area contributed by atoms with Crippen LogP contribution in [0.5, 0.6) is 0 Å². The van der Waals surface area contributed by atoms with Gasteiger partial charge in [0.05, 0.1) is 15.6 Å². The molecule has 0 spiro atoms. The Morgan fingerprint density at radius 3 is 2.42 bits per heavy atom. The van der Waals surface area contributed by atoms with Gasteiger partial charge in [-0.05, 0) is 41.6 Å². The van der Waals surface area contributed by atoms with Crippen molar-refractivity contribution in [2.45, 2.75) is 6.92 Å². The minimum absolute atomic E-state index is 0.108. The first-order valence-corrected chi connectivity index (χ1v) is 5.02. The highest BCUT2D eigenvalue weighted by Gasteiger charge is 2.12. The minimum Gasteiger partial charge on any atom is -0.294 e. The summed E-state index contributed by atoms with van der Waals surface area (Å²) in [6, 6.07) is 3.45. The van der Waals surface area contributed by atoms with Crippen molar-refractivity contribution in [3.05, 3.63) is 31.3 Å². The lowest BCUT2D eigenvalue weighted by Crippen LogP contribution is -1.96. The molecule has 1 aromatic carbocycles. The number of hydrogen-bond donors (Lipinski definition) is 0. The molecule has 0 aliphatic rings. The average molecular weight is 315 g/mol. The van der Waals surface area contributed by atoms with Crippen LogP contribution in [0.2, 0.25) is 10.0 Å². The summed E-state index contributed by atoms with van der Waals surface area (Å²) in [5, 5.41) is 0.850. The van der Waals surface area contributed by atoms with E-state index in [-0.39, 0.29) is 5.78 Å². The maximum Gasteiger partial charge on any atom is 0.162 e. The van der Waals surface area contributed by atoms with Gasteiger partial charge in [-0.3, -0.25) is 4.79 Å². The molecule has 0 heterocycles. The average Bonchev–Trinajstić information content (AvgIpc) is 1.97. The quantitative estimate of drug-likeness (QED) is 0.438. The van der Waals surface area contributed by atoms with E-state index in [0.717, 1.165) is 3.57 Å². The molecule has 64 valence electrons. The lowest BCUT2D eigenvalue weighted by atomic mass is 10.1. The van der Waals surface area contributed by atoms with E-state index in [1.165, 1.54) is 6.92 Å². The molecule has 0 saturated heterocycles. The Hall–Kier alpha value is 0.200. The van der Waals surface area contributed by atoms with Crippen LogP contribution >= 0.6 is 45.8 Å². The molecule has 1 rings (SSSR count). The summed E-state index contributed by atoms with van der Waals surface area (Å²) in [6.45, 7) is 1.45. The Kier molecular flexibility index (Phi) is 3.37. The Morgan fingerprint density at radius 2 is 2.00 bits per heavy atom. The van der Waals surface area contributed by atoms with E-state index in [1.807, 2.05) is 0 Å². The molecular weight excluding hydrogens is 310 g/mol. The smallest absolute Gasteiger partial charge is 0.162 e. The van der Waals surface area contributed by atoms with Gasteiger partial charge in [0.2, 0.25) is 0 Å². The van der Waals surface area contributed by atoms with Crippen molar-refractivity contribution in [3.8, 4) is 0 Å². The van der Waals surface area contributed by atoms with E-state index >= 15 is 0 Å². The second-order valence-corrected chi connectivity index (χ2v) is 4.22. The van der Waals surface area contributed by atoms with Crippen molar-refractivity contribution in [2.24, 2.45) is 0 Å². The van der Waals surface area contributed by atoms with E-state index in [4.69, 9.17) is 23.2 Å². The van der Waals surface area contributed by atoms with E-state index in [9.17, 15) is 4.79 Å². The highest BCUT2D eigenvalue weighted by molar-refractivity contribution is 14.1. The molecule has 0 fully saturated rings. The Bertz CT molecular complexity index is 336. The lowest BCUT2D eigenvalue weighted by Gasteiger charge is -2.03. The summed E-state index contributed by atoms with van der Waals surface area (Å²) < 4.78 is 0.837. The molecule has 12 heavy (non-hydrogen) atoms. The SMILES string of the molecule is CC(=O)c1c(Cl)ccc(I)c1Cl. The highest BCUT2D eigenvalue weighted by Crippen LogP contribution is 2.29. The monoisotopic (exact) mass is 314 g/mol. The number of hydrogen-bond acceptors (Lipinski definition) is 1. The largest absolute Gasteiger partial charge is 0.294 e. The second-order valence-electron chi connectivity index (χ2n) is 2.27. The fourth-order valence-corrected chi connectivity index (χ4v) is 1.94. The molecule has 0 aliphatic heterocycles. The third kappa shape index (κ3) is 1.92. The van der Waals surface area contributed by atoms with Gasteiger partial charge < -0.3 is 0 Å². The van der Waals surface area contributed by atoms with Gasteiger partial charge in [-0.15, -0.1) is 0 Å². The van der Waals surface area contributed by atoms with Gasteiger partial charge in [-0.2, -0.15) is 0 Å². The zero-order valence-electron chi connectivity index (χ0n) is 6.20. The summed E-state index contributed by atoms with van der Waals surface area (Å²) >= 11 is 13.7. The second kappa shape index (κ2) is 3.94. The maximum absolute atomic E-state index is 11.1. The van der Waals surface area contributed by atoms with Crippen molar-refractivity contribution in [3.63, 3.8) is 0 Å². The first-order valence-electron chi connectivity index (χ1n) is 3.18. The number of benzene rings is 1. The van der Waals surface area contributed by atoms with Gasteiger partial charge in [-0.25, -0.2) is 0 Å². The summed E-state index contributed by atoms with van der Waals surface area (Å²) in [4.78, 5) is 11.1. The number of halogens is 3. The Morgan fingerprint density at radius 1 is 1.42 bits per heavy atom. The minimum atomic E-state index is -0.108. The summed E-state index contributed by atoms with van der Waals surface area (Å²) in [5.41, 5.74) is 0.408. The van der Waals surface area contributed by atoms with Crippen molar-refractivity contribution in [2.75, 3.05) is 0 Å². The van der Waals surface area contributed by atoms with Crippen molar-refractivity contribution in [1.29, 1.82) is 0 Å². The predicted molar refractivity (Wildman–Crippen MR) is 59.2 cm³/mol. The van der Waals surface area contributed by atoms with E-state index in [0.29, 0.717) is 15.6 Å². The molecule has 4 heteroatoms. The number of Topliss-reactive ketones (excluding diaryl/α,β-unsaturated/α-hetero) is 1. The lowest BCUT2D eigenvalue weighted by molar-refractivity contribution is 0.101. The molecule has 0 N–H and O–H groups in total. The van der Waals surface area contributed by atoms with Gasteiger partial charge in [0.25, 0.3) is 0 Å². The van der Waals surface area contributed by atoms with Crippen LogP contribution in [0.25, 0.3) is 0 Å². The summed E-state index contributed by atoms with van der Waals surface area (Å²) in [6.07, 6.45) is 0. The topological polar surface area (TPSA) is 17.1 Å². The molecule has 0 bridgehead atoms. The van der Waals surface area contributed by atoms with E-state index in [1.54, 1.807) is 12.1 Å². The molecule has 0 unspecified atom stereocenters. The first kappa shape index (κ1) is 10.3. The fraction of sp³-hybridized carbons (Fsp3) is 0.125. The summed E-state index contributed by atoms with van der Waals surface area (Å²) in [7, 11) is 0. The molecule has 0 atom stereocenters. The van der Waals surface area contributed by atoms with Crippen molar-refractivity contribution >= 4 is 51.6 Å². The van der Waals surface area contributed by atoms with Gasteiger partial charge in [0, 0.05) is 3.57 Å². The van der Waals surface area contributed by atoms with Gasteiger partial charge in [0.1, 0.15) is 0 Å². The highest BCUT2D eigenvalue weighted by atomic mass is 127. The maximum atomic E-state index is 11.1. The van der Waals surface area contributed by atoms with Crippen LogP contribution in [0.1, 0.15) is 17.3 Å². The predicted octanol–water partition coefficient (Wildman–Crippen LogP) is 3.80. The molecule has 0 amide bonds. The molecular formula is C8H5Cl2IO. The fourth-order valence-electron chi connectivity index (χ4n) is 0.850. The Balaban J connectivity index is 3.43. The van der Waals surface area contributed by atoms with Crippen LogP contribution in [0.3, 0.4) is 0 Å². The summed E-state index contributed by atoms with van der Waals surface area (Å²) in [5.74, 6) is -0.108. The van der Waals surface area contributed by atoms with Crippen molar-refractivity contribution < 1.29 is 4.79 Å². The number of ketones is 1. The third-order valence-electron chi connectivity index (χ3n) is 1.40. The van der Waals surface area contributed by atoms with Crippen molar-refractivity contribution in [1.82, 2.24) is 0 Å². The number of rotatable bonds is 1. The Labute approximate surface area is 94.2 Å². The third-order valence-corrected chi connectivity index (χ3v) is 3.32. The van der Waals surface area contributed by atoms with Crippen LogP contribution in [0, 0.1) is 3.57 Å². The van der Waals surface area contributed by atoms with Gasteiger partial charge in [0.15, 0.2) is 5.78 Å². The van der Waals surface area contributed by atoms with Crippen LogP contribution in [0.15, 0.2) is 12.1 Å². The van der Waals surface area contributed by atoms with Crippen LogP contribution in [-0.4, -0.2) is 5.78 Å². The number of carbonyl (C=O) groups excluding carboxylic acids is 1. The number of carbonyl (C=O) groups is 1. The normalized spacial score (nSPS) is 10.0. The zero-order chi connectivity index (χ0) is 9.30. The molecule has 0 radical (unpaired) electrons. The van der Waals surface area contributed by atoms with E-state index in [2.05, 4.69) is 22.6 Å². The molecule has 1 aromatic rings. The molecule has 0 saturated carbocycles. The van der Waals surface area contributed by atoms with Gasteiger partial charge >= 0.3 is 0 Å². The zero-order valence-corrected chi connectivity index (χ0v) is 9.87. The molecule has 0 aromatic heterocycles. The van der Waals surface area contributed by atoms with Crippen LogP contribution in [0.4, 0.5) is 0 Å². The van der Waals surface area contributed by atoms with Gasteiger partial charge in [-0.1, -0.05) is 23.2 Å².